The van der Waals surface area contributed by atoms with E-state index in [2.05, 4.69) is 392 Å². The van der Waals surface area contributed by atoms with E-state index in [4.69, 9.17) is 9.47 Å². The number of aryl methyl sites for hydroxylation is 1. The summed E-state index contributed by atoms with van der Waals surface area (Å²) in [5, 5.41) is 0. The van der Waals surface area contributed by atoms with Crippen LogP contribution in [-0.4, -0.2) is 320 Å². The van der Waals surface area contributed by atoms with Crippen molar-refractivity contribution in [3.05, 3.63) is 65.2 Å². The predicted molar refractivity (Wildman–Crippen MR) is 628 cm³/mol. The molecule has 0 N–H and O–H groups in total. The maximum Gasteiger partial charge on any atom is 0.0994 e. The summed E-state index contributed by atoms with van der Waals surface area (Å²) in [6.45, 7) is 129. The largest absolute Gasteiger partial charge is 0.379 e. The third-order valence-corrected chi connectivity index (χ3v) is 29.9. The second-order valence-electron chi connectivity index (χ2n) is 51.3. The number of hydrogen-bond donors (Lipinski definition) is 0. The van der Waals surface area contributed by atoms with Crippen LogP contribution in [0.3, 0.4) is 0 Å². The minimum absolute atomic E-state index is 0.247. The van der Waals surface area contributed by atoms with Gasteiger partial charge in [-0.05, 0) is 485 Å². The summed E-state index contributed by atoms with van der Waals surface area (Å²) in [4.78, 5) is 32.8. The summed E-state index contributed by atoms with van der Waals surface area (Å²) in [5.74, 6) is 5.21. The molecule has 12 heterocycles. The molecule has 2 aromatic carbocycles. The fourth-order valence-corrected chi connectivity index (χ4v) is 20.4. The average molecular weight is 1980 g/mol. The standard InChI is InChI=1S/2C13H19N.C10H22N2.C10H21N.C9H19NO.C9H19NS.2C9H19N.C8H17NO.C8H17NS.C8H17N.C7H15N.4C2H6/c1-13(2,3)14-10-6-8-11-7-4-5-9-12(11)14;1-13(2,3)14-9-8-11-6-4-5-7-12(11)10-14;1-10(2,3)12-8-6-5-7-11(4)9-12;1-10(2,3)11-8-6-4-5-7-9-11;2*1-9(2,3)10-6-4-5-7-11-8-10;2*1-9(2,3)10-7-5-4-6-8-10;2*1-8(2,3)9-4-6-10-7-5-9;1-8(2,3)9-6-4-5-7-9;1-7(2,3)8-5-4-6-8;4*1-2/h4-5,7,9H,6,8,10H2,1-3H3;4-7H,8-10H2,1-3H3;5-9H2,1-4H3;4-9H2,1-3H3;2*4-8H2,1-3H3;2*4-8H2,1-3H3;2*4-7H2,1-3H3;4-7H2,1-3H3;4-6H2,1-3H3;4*1-2H3. The topological polar surface area (TPSA) is 60.6 Å². The van der Waals surface area contributed by atoms with E-state index < -0.39 is 0 Å². The molecule has 0 atom stereocenters. The quantitative estimate of drug-likeness (QED) is 0.251. The molecule has 2 aromatic rings. The molecule has 15 nitrogen and oxygen atoms in total. The zero-order chi connectivity index (χ0) is 106. The number of benzene rings is 2. The smallest absolute Gasteiger partial charge is 0.0994 e. The third-order valence-electron chi connectivity index (χ3n) is 27.8. The number of likely N-dealkylation sites (tertiary alicyclic amines) is 5. The molecular weight excluding hydrogens is 1730 g/mol. The zero-order valence-corrected chi connectivity index (χ0v) is 103. The maximum absolute atomic E-state index is 5.46. The summed E-state index contributed by atoms with van der Waals surface area (Å²) >= 11 is 4.15. The van der Waals surface area contributed by atoms with Crippen LogP contribution < -0.4 is 4.90 Å². The molecule has 0 unspecified atom stereocenters. The van der Waals surface area contributed by atoms with E-state index >= 15 is 0 Å². The van der Waals surface area contributed by atoms with E-state index in [-0.39, 0.29) is 11.1 Å². The van der Waals surface area contributed by atoms with E-state index in [0.29, 0.717) is 55.4 Å². The van der Waals surface area contributed by atoms with Gasteiger partial charge in [-0.1, -0.05) is 124 Å². The van der Waals surface area contributed by atoms with Gasteiger partial charge in [-0.2, -0.15) is 11.8 Å². The number of thioether (sulfide) groups is 2. The predicted octanol–water partition coefficient (Wildman–Crippen LogP) is 29.9. The molecule has 0 aliphatic carbocycles. The van der Waals surface area contributed by atoms with Crippen LogP contribution in [-0.2, 0) is 28.9 Å². The molecule has 820 valence electrons. The van der Waals surface area contributed by atoms with Crippen molar-refractivity contribution in [1.82, 2.24) is 58.8 Å². The van der Waals surface area contributed by atoms with Gasteiger partial charge in [0.15, 0.2) is 0 Å². The molecule has 138 heavy (non-hydrogen) atoms. The Morgan fingerprint density at radius 2 is 0.522 bits per heavy atom. The highest BCUT2D eigenvalue weighted by Crippen LogP contribution is 2.34. The number of ether oxygens (including phenoxy) is 2. The van der Waals surface area contributed by atoms with Gasteiger partial charge in [-0.25, -0.2) is 0 Å². The number of para-hydroxylation sites is 1. The van der Waals surface area contributed by atoms with Gasteiger partial charge in [0.1, 0.15) is 0 Å². The van der Waals surface area contributed by atoms with E-state index in [1.165, 1.54) is 305 Å². The van der Waals surface area contributed by atoms with Crippen LogP contribution in [0.15, 0.2) is 48.5 Å². The van der Waals surface area contributed by atoms with Gasteiger partial charge >= 0.3 is 0 Å². The Morgan fingerprint density at radius 1 is 0.217 bits per heavy atom. The van der Waals surface area contributed by atoms with Gasteiger partial charge in [0.05, 0.1) is 26.6 Å². The van der Waals surface area contributed by atoms with E-state index in [9.17, 15) is 0 Å². The SMILES string of the molecule is CC.CC.CC.CC.CC(C)(C)N1CCC1.CC(C)(C)N1CCCC1.CC(C)(C)N1CCCCC1.CC(C)(C)N1CCCCC1.CC(C)(C)N1CCCCCC1.CC(C)(C)N1CCCCOC1.CC(C)(C)N1CCCCSC1.CC(C)(C)N1CCCc2ccccc21.CC(C)(C)N1CCOCC1.CC(C)(C)N1CCSCC1.CC(C)(C)N1CCc2ccccc2C1.CN1CCCCN(C(C)(C)C)C1. The van der Waals surface area contributed by atoms with E-state index in [1.807, 2.05) is 55.4 Å². The van der Waals surface area contributed by atoms with Crippen molar-refractivity contribution in [3.8, 4) is 0 Å². The fourth-order valence-electron chi connectivity index (χ4n) is 18.2. The highest BCUT2D eigenvalue weighted by molar-refractivity contribution is 7.99. The molecule has 14 rings (SSSR count). The molecular formula is C121H247N13O2S2. The van der Waals surface area contributed by atoms with Crippen molar-refractivity contribution < 1.29 is 9.47 Å². The van der Waals surface area contributed by atoms with Crippen LogP contribution in [0.4, 0.5) is 5.69 Å². The molecule has 10 fully saturated rings. The van der Waals surface area contributed by atoms with Crippen LogP contribution >= 0.6 is 23.5 Å². The molecule has 0 saturated carbocycles. The number of anilines is 1. The first-order valence-electron chi connectivity index (χ1n) is 57.3. The first-order chi connectivity index (χ1) is 64.1. The van der Waals surface area contributed by atoms with Crippen molar-refractivity contribution >= 4 is 29.2 Å². The minimum atomic E-state index is 0.247. The monoisotopic (exact) mass is 1980 g/mol. The van der Waals surface area contributed by atoms with Crippen LogP contribution in [0.1, 0.15) is 450 Å². The van der Waals surface area contributed by atoms with Crippen LogP contribution in [0.25, 0.3) is 0 Å². The lowest BCUT2D eigenvalue weighted by atomic mass is 9.95. The first-order valence-corrected chi connectivity index (χ1v) is 59.6. The Labute approximate surface area is 875 Å². The van der Waals surface area contributed by atoms with Crippen molar-refractivity contribution in [2.45, 2.75) is 519 Å². The highest BCUT2D eigenvalue weighted by Gasteiger charge is 2.33. The number of fused-ring (bicyclic) bond motifs is 2. The molecule has 12 aliphatic heterocycles. The summed E-state index contributed by atoms with van der Waals surface area (Å²) in [5.41, 5.74) is 10.3. The lowest BCUT2D eigenvalue weighted by Gasteiger charge is -2.42. The van der Waals surface area contributed by atoms with Crippen LogP contribution in [0, 0.1) is 0 Å². The molecule has 12 aliphatic rings. The Bertz CT molecular complexity index is 2950. The van der Waals surface area contributed by atoms with Crippen LogP contribution in [0.2, 0.25) is 0 Å². The summed E-state index contributed by atoms with van der Waals surface area (Å²) in [7, 11) is 2.21. The Kier molecular flexibility index (Phi) is 71.4. The number of morpholine rings is 1. The van der Waals surface area contributed by atoms with Crippen molar-refractivity contribution in [1.29, 1.82) is 0 Å². The number of hydrogen-bond acceptors (Lipinski definition) is 17. The minimum Gasteiger partial charge on any atom is -0.379 e. The molecule has 0 spiro atoms. The molecule has 0 aromatic heterocycles. The van der Waals surface area contributed by atoms with Gasteiger partial charge < -0.3 is 14.4 Å². The number of rotatable bonds is 0. The van der Waals surface area contributed by atoms with Crippen molar-refractivity contribution in [2.24, 2.45) is 0 Å². The third kappa shape index (κ3) is 63.3. The van der Waals surface area contributed by atoms with Gasteiger partial charge in [0.2, 0.25) is 0 Å². The summed E-state index contributed by atoms with van der Waals surface area (Å²) in [6, 6.07) is 17.6. The normalized spacial score (nSPS) is 20.8. The van der Waals surface area contributed by atoms with Crippen molar-refractivity contribution in [2.75, 3.05) is 199 Å². The number of nitrogens with zero attached hydrogens (tertiary/aromatic N) is 13. The van der Waals surface area contributed by atoms with Crippen molar-refractivity contribution in [3.63, 3.8) is 0 Å². The number of piperidine rings is 2. The molecule has 10 saturated heterocycles. The Morgan fingerprint density at radius 3 is 0.884 bits per heavy atom. The van der Waals surface area contributed by atoms with Gasteiger partial charge in [0.25, 0.3) is 0 Å². The highest BCUT2D eigenvalue weighted by atomic mass is 32.2. The zero-order valence-electron chi connectivity index (χ0n) is 102. The van der Waals surface area contributed by atoms with Gasteiger partial charge in [-0.3, -0.25) is 58.8 Å². The fraction of sp³-hybridized carbons (Fsp3) is 0.901. The Balaban J connectivity index is 0. The molecule has 0 amide bonds. The first kappa shape index (κ1) is 138. The average Bonchev–Trinajstić information content (AvgIpc) is 0.846. The van der Waals surface area contributed by atoms with Gasteiger partial charge in [-0.15, -0.1) is 11.8 Å². The maximum atomic E-state index is 5.46. The van der Waals surface area contributed by atoms with E-state index in [0.717, 1.165) is 52.9 Å². The second-order valence-corrected chi connectivity index (χ2v) is 53.6. The Hall–Kier alpha value is -1.62. The van der Waals surface area contributed by atoms with Gasteiger partial charge in [0, 0.05) is 149 Å². The molecule has 0 radical (unpaired) electrons. The summed E-state index contributed by atoms with van der Waals surface area (Å²) in [6.07, 6.45) is 30.0. The lowest BCUT2D eigenvalue weighted by Crippen LogP contribution is -2.49. The second kappa shape index (κ2) is 71.1. The molecule has 0 bridgehead atoms. The molecule has 17 heteroatoms. The van der Waals surface area contributed by atoms with Crippen LogP contribution in [0.5, 0.6) is 0 Å². The lowest BCUT2D eigenvalue weighted by molar-refractivity contribution is -0.00389. The summed E-state index contributed by atoms with van der Waals surface area (Å²) < 4.78 is 10.7. The van der Waals surface area contributed by atoms with E-state index in [1.54, 1.807) is 0 Å².